The third-order valence-corrected chi connectivity index (χ3v) is 3.87. The summed E-state index contributed by atoms with van der Waals surface area (Å²) in [5.74, 6) is -0.731. The minimum Gasteiger partial charge on any atom is -0.468 e. The Morgan fingerprint density at radius 1 is 1.28 bits per heavy atom. The van der Waals surface area contributed by atoms with Crippen molar-refractivity contribution >= 4 is 5.97 Å². The monoisotopic (exact) mass is 336 g/mol. The number of nitrogens with zero attached hydrogens (tertiary/aromatic N) is 1. The number of carbonyl (C=O) groups excluding carboxylic acids is 1. The zero-order valence-electron chi connectivity index (χ0n) is 13.6. The maximum absolute atomic E-state index is 12.6. The van der Waals surface area contributed by atoms with Crippen LogP contribution in [0.15, 0.2) is 75.9 Å². The molecule has 0 spiro atoms. The molecule has 0 aliphatic carbocycles. The van der Waals surface area contributed by atoms with Crippen LogP contribution in [0, 0.1) is 11.3 Å². The molecule has 0 amide bonds. The molecule has 1 aliphatic heterocycles. The Labute approximate surface area is 144 Å². The Kier molecular flexibility index (Phi) is 4.57. The molecule has 3 rings (SSSR count). The van der Waals surface area contributed by atoms with Crippen LogP contribution in [0.4, 0.5) is 0 Å². The summed E-state index contributed by atoms with van der Waals surface area (Å²) in [6.07, 6.45) is 1.47. The van der Waals surface area contributed by atoms with E-state index in [0.29, 0.717) is 11.5 Å². The van der Waals surface area contributed by atoms with Crippen LogP contribution in [0.25, 0.3) is 0 Å². The summed E-state index contributed by atoms with van der Waals surface area (Å²) >= 11 is 0. The van der Waals surface area contributed by atoms with E-state index >= 15 is 0 Å². The Bertz CT molecular complexity index is 874. The van der Waals surface area contributed by atoms with Gasteiger partial charge in [-0.05, 0) is 24.6 Å². The molecule has 0 saturated heterocycles. The highest BCUT2D eigenvalue weighted by Crippen LogP contribution is 2.39. The number of esters is 1. The van der Waals surface area contributed by atoms with Crippen molar-refractivity contribution in [3.8, 4) is 6.07 Å². The van der Waals surface area contributed by atoms with Gasteiger partial charge in [-0.1, -0.05) is 30.3 Å². The topological polar surface area (TPSA) is 98.5 Å². The predicted octanol–water partition coefficient (Wildman–Crippen LogP) is 3.10. The highest BCUT2D eigenvalue weighted by Gasteiger charge is 2.38. The second kappa shape index (κ2) is 6.97. The van der Waals surface area contributed by atoms with Crippen molar-refractivity contribution in [1.82, 2.24) is 0 Å². The van der Waals surface area contributed by atoms with Gasteiger partial charge in [0.25, 0.3) is 0 Å². The maximum atomic E-state index is 12.6. The Hall–Kier alpha value is -3.46. The number of furan rings is 1. The van der Waals surface area contributed by atoms with E-state index < -0.39 is 11.9 Å². The molecule has 6 nitrogen and oxygen atoms in total. The van der Waals surface area contributed by atoms with Crippen LogP contribution >= 0.6 is 0 Å². The van der Waals surface area contributed by atoms with Crippen molar-refractivity contribution < 1.29 is 18.7 Å². The van der Waals surface area contributed by atoms with E-state index in [4.69, 9.17) is 19.6 Å². The SMILES string of the molecule is CC1=C(C#N)[C@@H](c2ccco2)C(C(=O)OCc2ccccc2)=C(N)O1. The third-order valence-electron chi connectivity index (χ3n) is 3.87. The van der Waals surface area contributed by atoms with Gasteiger partial charge in [-0.15, -0.1) is 0 Å². The number of nitriles is 1. The van der Waals surface area contributed by atoms with E-state index in [2.05, 4.69) is 6.07 Å². The van der Waals surface area contributed by atoms with E-state index in [-0.39, 0.29) is 23.6 Å². The van der Waals surface area contributed by atoms with Gasteiger partial charge in [-0.25, -0.2) is 4.79 Å². The minimum absolute atomic E-state index is 0.0630. The number of allylic oxidation sites excluding steroid dienone is 2. The van der Waals surface area contributed by atoms with Gasteiger partial charge in [0.15, 0.2) is 0 Å². The quantitative estimate of drug-likeness (QED) is 0.861. The molecule has 6 heteroatoms. The number of hydrogen-bond acceptors (Lipinski definition) is 6. The maximum Gasteiger partial charge on any atom is 0.340 e. The first-order valence-electron chi connectivity index (χ1n) is 7.64. The van der Waals surface area contributed by atoms with Crippen LogP contribution in [-0.4, -0.2) is 5.97 Å². The first kappa shape index (κ1) is 16.4. The Morgan fingerprint density at radius 3 is 2.68 bits per heavy atom. The summed E-state index contributed by atoms with van der Waals surface area (Å²) in [5, 5.41) is 9.48. The number of benzene rings is 1. The standard InChI is InChI=1S/C19H16N2O4/c1-12-14(10-20)16(15-8-5-9-23-15)17(18(21)25-12)19(22)24-11-13-6-3-2-4-7-13/h2-9,16H,11,21H2,1H3/t16-/m0/s1. The fraction of sp³-hybridized carbons (Fsp3) is 0.158. The summed E-state index contributed by atoms with van der Waals surface area (Å²) in [5.41, 5.74) is 7.09. The molecule has 0 bridgehead atoms. The number of ether oxygens (including phenoxy) is 2. The van der Waals surface area contributed by atoms with Gasteiger partial charge < -0.3 is 19.6 Å². The second-order valence-electron chi connectivity index (χ2n) is 5.47. The molecule has 0 radical (unpaired) electrons. The zero-order chi connectivity index (χ0) is 17.8. The molecule has 25 heavy (non-hydrogen) atoms. The number of nitrogens with two attached hydrogens (primary N) is 1. The van der Waals surface area contributed by atoms with Gasteiger partial charge in [0.2, 0.25) is 5.88 Å². The lowest BCUT2D eigenvalue weighted by molar-refractivity contribution is -0.141. The average molecular weight is 336 g/mol. The van der Waals surface area contributed by atoms with E-state index in [1.807, 2.05) is 30.3 Å². The fourth-order valence-corrected chi connectivity index (χ4v) is 2.67. The second-order valence-corrected chi connectivity index (χ2v) is 5.47. The number of hydrogen-bond donors (Lipinski definition) is 1. The lowest BCUT2D eigenvalue weighted by Crippen LogP contribution is -2.26. The number of rotatable bonds is 4. The highest BCUT2D eigenvalue weighted by molar-refractivity contribution is 5.92. The predicted molar refractivity (Wildman–Crippen MR) is 88.3 cm³/mol. The third kappa shape index (κ3) is 3.26. The van der Waals surface area contributed by atoms with Gasteiger partial charge >= 0.3 is 5.97 Å². The molecular formula is C19H16N2O4. The molecule has 1 aromatic heterocycles. The van der Waals surface area contributed by atoms with Gasteiger partial charge in [-0.2, -0.15) is 5.26 Å². The summed E-state index contributed by atoms with van der Waals surface area (Å²) in [6.45, 7) is 1.71. The lowest BCUT2D eigenvalue weighted by atomic mass is 9.87. The molecule has 1 aromatic carbocycles. The molecule has 2 N–H and O–H groups in total. The highest BCUT2D eigenvalue weighted by atomic mass is 16.5. The van der Waals surface area contributed by atoms with E-state index in [9.17, 15) is 10.1 Å². The van der Waals surface area contributed by atoms with Crippen molar-refractivity contribution in [2.45, 2.75) is 19.4 Å². The van der Waals surface area contributed by atoms with Crippen molar-refractivity contribution in [1.29, 1.82) is 5.26 Å². The van der Waals surface area contributed by atoms with E-state index in [1.165, 1.54) is 6.26 Å². The smallest absolute Gasteiger partial charge is 0.340 e. The van der Waals surface area contributed by atoms with Gasteiger partial charge in [0.05, 0.1) is 23.8 Å². The Morgan fingerprint density at radius 2 is 2.04 bits per heavy atom. The van der Waals surface area contributed by atoms with Crippen LogP contribution < -0.4 is 5.73 Å². The first-order chi connectivity index (χ1) is 12.1. The Balaban J connectivity index is 1.90. The normalized spacial score (nSPS) is 17.0. The van der Waals surface area contributed by atoms with E-state index in [0.717, 1.165) is 5.56 Å². The molecule has 1 atom stereocenters. The van der Waals surface area contributed by atoms with Crippen molar-refractivity contribution in [2.75, 3.05) is 0 Å². The summed E-state index contributed by atoms with van der Waals surface area (Å²) in [6, 6.07) is 14.7. The van der Waals surface area contributed by atoms with Crippen molar-refractivity contribution in [3.63, 3.8) is 0 Å². The molecule has 2 aromatic rings. The molecule has 0 unspecified atom stereocenters. The van der Waals surface area contributed by atoms with Crippen LogP contribution in [0.1, 0.15) is 24.2 Å². The minimum atomic E-state index is -0.753. The lowest BCUT2D eigenvalue weighted by Gasteiger charge is -2.25. The molecule has 1 aliphatic rings. The van der Waals surface area contributed by atoms with Gasteiger partial charge in [0, 0.05) is 0 Å². The van der Waals surface area contributed by atoms with E-state index in [1.54, 1.807) is 19.1 Å². The van der Waals surface area contributed by atoms with Crippen LogP contribution in [-0.2, 0) is 20.9 Å². The van der Waals surface area contributed by atoms with Crippen LogP contribution in [0.2, 0.25) is 0 Å². The van der Waals surface area contributed by atoms with Gasteiger partial charge in [-0.3, -0.25) is 0 Å². The van der Waals surface area contributed by atoms with Crippen LogP contribution in [0.5, 0.6) is 0 Å². The summed E-state index contributed by atoms with van der Waals surface area (Å²) < 4.78 is 16.1. The molecular weight excluding hydrogens is 320 g/mol. The summed E-state index contributed by atoms with van der Waals surface area (Å²) in [4.78, 5) is 12.6. The molecule has 2 heterocycles. The molecule has 0 saturated carbocycles. The van der Waals surface area contributed by atoms with Crippen molar-refractivity contribution in [2.24, 2.45) is 5.73 Å². The largest absolute Gasteiger partial charge is 0.468 e. The zero-order valence-corrected chi connectivity index (χ0v) is 13.6. The molecule has 0 fully saturated rings. The number of carbonyl (C=O) groups is 1. The fourth-order valence-electron chi connectivity index (χ4n) is 2.67. The molecule has 126 valence electrons. The summed E-state index contributed by atoms with van der Waals surface area (Å²) in [7, 11) is 0. The van der Waals surface area contributed by atoms with Crippen LogP contribution in [0.3, 0.4) is 0 Å². The van der Waals surface area contributed by atoms with Gasteiger partial charge in [0.1, 0.15) is 23.7 Å². The average Bonchev–Trinajstić information content (AvgIpc) is 3.14. The van der Waals surface area contributed by atoms with Crippen molar-refractivity contribution in [3.05, 3.63) is 82.8 Å². The first-order valence-corrected chi connectivity index (χ1v) is 7.64.